The fraction of sp³-hybridized carbons (Fsp3) is 0.692. The summed E-state index contributed by atoms with van der Waals surface area (Å²) in [5.74, 6) is 0.662. The number of rotatable bonds is 3. The van der Waals surface area contributed by atoms with E-state index in [1.54, 1.807) is 11.3 Å². The van der Waals surface area contributed by atoms with Crippen LogP contribution in [0.15, 0.2) is 10.5 Å². The van der Waals surface area contributed by atoms with Crippen molar-refractivity contribution in [2.24, 2.45) is 10.7 Å². The minimum atomic E-state index is 0.434. The molecular weight excluding hydrogens is 244 g/mol. The van der Waals surface area contributed by atoms with Gasteiger partial charge in [-0.2, -0.15) is 0 Å². The number of thiazole rings is 1. The van der Waals surface area contributed by atoms with Gasteiger partial charge >= 0.3 is 0 Å². The molecule has 0 atom stereocenters. The van der Waals surface area contributed by atoms with Crippen molar-refractivity contribution in [3.05, 3.63) is 16.1 Å². The van der Waals surface area contributed by atoms with Crippen molar-refractivity contribution < 1.29 is 0 Å². The minimum absolute atomic E-state index is 0.434. The molecule has 0 aromatic carbocycles. The summed E-state index contributed by atoms with van der Waals surface area (Å²) < 4.78 is 0. The van der Waals surface area contributed by atoms with E-state index in [9.17, 15) is 0 Å². The maximum absolute atomic E-state index is 6.07. The van der Waals surface area contributed by atoms with Crippen LogP contribution in [0.25, 0.3) is 0 Å². The third-order valence-electron chi connectivity index (χ3n) is 3.51. The Hall–Kier alpha value is -1.10. The van der Waals surface area contributed by atoms with Gasteiger partial charge in [-0.15, -0.1) is 11.3 Å². The van der Waals surface area contributed by atoms with E-state index in [2.05, 4.69) is 9.98 Å². The van der Waals surface area contributed by atoms with Gasteiger partial charge in [-0.25, -0.2) is 9.98 Å². The number of hydrogen-bond acceptors (Lipinski definition) is 3. The van der Waals surface area contributed by atoms with E-state index in [4.69, 9.17) is 5.73 Å². The van der Waals surface area contributed by atoms with Crippen LogP contribution in [0.4, 0.5) is 0 Å². The highest BCUT2D eigenvalue weighted by atomic mass is 32.1. The molecule has 1 heterocycles. The summed E-state index contributed by atoms with van der Waals surface area (Å²) in [6.45, 7) is 2.84. The van der Waals surface area contributed by atoms with Crippen molar-refractivity contribution in [2.75, 3.05) is 7.05 Å². The molecule has 0 saturated heterocycles. The number of aliphatic imine (C=N–C) groups is 1. The van der Waals surface area contributed by atoms with Crippen molar-refractivity contribution >= 4 is 17.3 Å². The van der Waals surface area contributed by atoms with Crippen LogP contribution in [0, 0.1) is 6.92 Å². The molecule has 100 valence electrons. The average molecular weight is 266 g/mol. The molecule has 0 bridgehead atoms. The Morgan fingerprint density at radius 3 is 2.83 bits per heavy atom. The molecule has 0 amide bonds. The maximum Gasteiger partial charge on any atom is 0.191 e. The summed E-state index contributed by atoms with van der Waals surface area (Å²) in [4.78, 5) is 12.2. The van der Waals surface area contributed by atoms with E-state index in [1.165, 1.54) is 37.0 Å². The summed E-state index contributed by atoms with van der Waals surface area (Å²) in [5, 5.41) is 0. The monoisotopic (exact) mass is 266 g/mol. The van der Waals surface area contributed by atoms with Gasteiger partial charge in [-0.05, 0) is 19.8 Å². The molecule has 5 heteroatoms. The molecular formula is C13H22N4S. The predicted octanol–water partition coefficient (Wildman–Crippen LogP) is 2.53. The Kier molecular flexibility index (Phi) is 4.58. The summed E-state index contributed by atoms with van der Waals surface area (Å²) >= 11 is 1.68. The first kappa shape index (κ1) is 13.3. The number of hydrogen-bond donors (Lipinski definition) is 1. The summed E-state index contributed by atoms with van der Waals surface area (Å²) in [6.07, 6.45) is 6.31. The number of aryl methyl sites for hydroxylation is 1. The molecule has 1 saturated carbocycles. The molecule has 2 N–H and O–H groups in total. The second kappa shape index (κ2) is 6.18. The van der Waals surface area contributed by atoms with Crippen LogP contribution in [0.2, 0.25) is 0 Å². The molecule has 0 aliphatic heterocycles. The molecule has 2 rings (SSSR count). The van der Waals surface area contributed by atoms with Crippen LogP contribution in [0.1, 0.15) is 42.7 Å². The predicted molar refractivity (Wildman–Crippen MR) is 76.8 cm³/mol. The highest BCUT2D eigenvalue weighted by Crippen LogP contribution is 2.20. The number of nitrogens with zero attached hydrogens (tertiary/aromatic N) is 3. The van der Waals surface area contributed by atoms with Crippen molar-refractivity contribution in [1.29, 1.82) is 0 Å². The normalized spacial score (nSPS) is 18.0. The first-order valence-electron chi connectivity index (χ1n) is 6.60. The van der Waals surface area contributed by atoms with Crippen molar-refractivity contribution in [3.63, 3.8) is 0 Å². The lowest BCUT2D eigenvalue weighted by Gasteiger charge is -2.22. The lowest BCUT2D eigenvalue weighted by Crippen LogP contribution is -2.35. The maximum atomic E-state index is 6.07. The average Bonchev–Trinajstić information content (AvgIpc) is 2.76. The number of aromatic nitrogens is 1. The fourth-order valence-corrected chi connectivity index (χ4v) is 3.10. The third-order valence-corrected chi connectivity index (χ3v) is 4.43. The zero-order valence-corrected chi connectivity index (χ0v) is 12.0. The van der Waals surface area contributed by atoms with Gasteiger partial charge in [0.1, 0.15) is 0 Å². The zero-order chi connectivity index (χ0) is 13.0. The molecule has 1 aromatic heterocycles. The number of nitrogens with two attached hydrogens (primary N) is 1. The van der Waals surface area contributed by atoms with Crippen molar-refractivity contribution in [1.82, 2.24) is 9.88 Å². The Morgan fingerprint density at radius 2 is 2.22 bits per heavy atom. The van der Waals surface area contributed by atoms with E-state index in [0.29, 0.717) is 12.0 Å². The first-order chi connectivity index (χ1) is 8.66. The largest absolute Gasteiger partial charge is 0.370 e. The van der Waals surface area contributed by atoms with Gasteiger partial charge in [0.05, 0.1) is 23.8 Å². The van der Waals surface area contributed by atoms with Crippen LogP contribution in [0.5, 0.6) is 0 Å². The van der Waals surface area contributed by atoms with E-state index in [0.717, 1.165) is 12.2 Å². The van der Waals surface area contributed by atoms with Gasteiger partial charge in [-0.3, -0.25) is 0 Å². The highest BCUT2D eigenvalue weighted by molar-refractivity contribution is 7.09. The smallest absolute Gasteiger partial charge is 0.191 e. The van der Waals surface area contributed by atoms with Gasteiger partial charge in [0.15, 0.2) is 5.96 Å². The van der Waals surface area contributed by atoms with E-state index in [1.807, 2.05) is 24.4 Å². The molecule has 0 radical (unpaired) electrons. The van der Waals surface area contributed by atoms with Gasteiger partial charge in [0.25, 0.3) is 0 Å². The Bertz CT molecular complexity index is 407. The quantitative estimate of drug-likeness (QED) is 0.675. The van der Waals surface area contributed by atoms with E-state index in [-0.39, 0.29) is 0 Å². The molecule has 0 unspecified atom stereocenters. The third kappa shape index (κ3) is 3.45. The summed E-state index contributed by atoms with van der Waals surface area (Å²) in [7, 11) is 2.00. The van der Waals surface area contributed by atoms with Crippen molar-refractivity contribution in [2.45, 2.75) is 51.6 Å². The minimum Gasteiger partial charge on any atom is -0.370 e. The fourth-order valence-electron chi connectivity index (χ4n) is 2.27. The van der Waals surface area contributed by atoms with Crippen LogP contribution in [-0.4, -0.2) is 28.9 Å². The zero-order valence-electron chi connectivity index (χ0n) is 11.2. The first-order valence-corrected chi connectivity index (χ1v) is 7.48. The van der Waals surface area contributed by atoms with Crippen molar-refractivity contribution in [3.8, 4) is 0 Å². The van der Waals surface area contributed by atoms with Gasteiger partial charge in [0.2, 0.25) is 0 Å². The van der Waals surface area contributed by atoms with Crippen LogP contribution < -0.4 is 5.73 Å². The topological polar surface area (TPSA) is 54.5 Å². The molecule has 1 aliphatic rings. The van der Waals surface area contributed by atoms with Crippen LogP contribution in [0.3, 0.4) is 0 Å². The lowest BCUT2D eigenvalue weighted by molar-refractivity contribution is 0.429. The molecule has 4 nitrogen and oxygen atoms in total. The molecule has 1 fully saturated rings. The van der Waals surface area contributed by atoms with Gasteiger partial charge in [0, 0.05) is 11.9 Å². The summed E-state index contributed by atoms with van der Waals surface area (Å²) in [6, 6.07) is 0.434. The van der Waals surface area contributed by atoms with Gasteiger partial charge < -0.3 is 10.6 Å². The van der Waals surface area contributed by atoms with Crippen LogP contribution >= 0.6 is 11.3 Å². The number of guanidine groups is 1. The summed E-state index contributed by atoms with van der Waals surface area (Å²) in [5.41, 5.74) is 9.05. The standard InChI is InChI=1S/C13H22N4S/c1-10-12(18-9-15-10)8-17(2)13(14)16-11-6-4-3-5-7-11/h9,11H,3-8H2,1-2H3,(H2,14,16). The lowest BCUT2D eigenvalue weighted by atomic mass is 9.96. The molecule has 1 aromatic rings. The van der Waals surface area contributed by atoms with Gasteiger partial charge in [-0.1, -0.05) is 19.3 Å². The van der Waals surface area contributed by atoms with E-state index < -0.39 is 0 Å². The second-order valence-corrected chi connectivity index (χ2v) is 5.94. The molecule has 0 spiro atoms. The Morgan fingerprint density at radius 1 is 1.50 bits per heavy atom. The van der Waals surface area contributed by atoms with E-state index >= 15 is 0 Å². The SMILES string of the molecule is Cc1ncsc1CN(C)C(N)=NC1CCCCC1. The molecule has 18 heavy (non-hydrogen) atoms. The Balaban J connectivity index is 1.93. The Labute approximate surface area is 113 Å². The van der Waals surface area contributed by atoms with Crippen LogP contribution in [-0.2, 0) is 6.54 Å². The molecule has 1 aliphatic carbocycles. The highest BCUT2D eigenvalue weighted by Gasteiger charge is 2.14. The second-order valence-electron chi connectivity index (χ2n) is 5.00.